The van der Waals surface area contributed by atoms with Gasteiger partial charge in [-0.15, -0.1) is 13.2 Å². The first-order valence-corrected chi connectivity index (χ1v) is 10.6. The molecule has 0 bridgehead atoms. The lowest BCUT2D eigenvalue weighted by atomic mass is 10.2. The second-order valence-corrected chi connectivity index (χ2v) is 8.73. The van der Waals surface area contributed by atoms with Crippen LogP contribution >= 0.6 is 15.9 Å². The van der Waals surface area contributed by atoms with Crippen LogP contribution in [0, 0.1) is 0 Å². The molecule has 0 aliphatic heterocycles. The van der Waals surface area contributed by atoms with E-state index in [0.717, 1.165) is 12.1 Å². The molecule has 0 heterocycles. The summed E-state index contributed by atoms with van der Waals surface area (Å²) in [6.07, 6.45) is -4.84. The van der Waals surface area contributed by atoms with Crippen LogP contribution in [0.4, 0.5) is 13.2 Å². The Balaban J connectivity index is 1.84. The predicted molar refractivity (Wildman–Crippen MR) is 104 cm³/mol. The number of halogens is 4. The van der Waals surface area contributed by atoms with E-state index in [1.807, 2.05) is 0 Å². The lowest BCUT2D eigenvalue weighted by Crippen LogP contribution is -2.32. The van der Waals surface area contributed by atoms with Gasteiger partial charge in [-0.25, -0.2) is 13.1 Å². The maximum Gasteiger partial charge on any atom is 0.573 e. The van der Waals surface area contributed by atoms with Crippen LogP contribution in [-0.2, 0) is 21.4 Å². The Labute approximate surface area is 174 Å². The van der Waals surface area contributed by atoms with Gasteiger partial charge in [-0.2, -0.15) is 0 Å². The highest BCUT2D eigenvalue weighted by molar-refractivity contribution is 9.10. The van der Waals surface area contributed by atoms with Crippen LogP contribution in [0.25, 0.3) is 0 Å². The summed E-state index contributed by atoms with van der Waals surface area (Å²) in [6.45, 7) is 0.0693. The molecule has 6 nitrogen and oxygen atoms in total. The minimum atomic E-state index is -4.77. The predicted octanol–water partition coefficient (Wildman–Crippen LogP) is 3.67. The SMILES string of the molecule is CN(Cc1ccc(OC(F)(F)F)cc1)C(=O)CCNS(=O)(=O)c1cccc(Br)c1. The highest BCUT2D eigenvalue weighted by Gasteiger charge is 2.31. The fourth-order valence-corrected chi connectivity index (χ4v) is 3.99. The molecular formula is C18H18BrF3N2O4S. The summed E-state index contributed by atoms with van der Waals surface area (Å²) in [5.74, 6) is -0.672. The molecule has 2 rings (SSSR count). The summed E-state index contributed by atoms with van der Waals surface area (Å²) in [6, 6.07) is 11.3. The van der Waals surface area contributed by atoms with Gasteiger partial charge in [-0.1, -0.05) is 34.1 Å². The quantitative estimate of drug-likeness (QED) is 0.607. The third kappa shape index (κ3) is 7.67. The molecule has 0 spiro atoms. The third-order valence-electron chi connectivity index (χ3n) is 3.74. The highest BCUT2D eigenvalue weighted by atomic mass is 79.9. The summed E-state index contributed by atoms with van der Waals surface area (Å²) in [7, 11) is -2.22. The molecule has 0 aliphatic carbocycles. The number of carbonyl (C=O) groups excluding carboxylic acids is 1. The zero-order valence-corrected chi connectivity index (χ0v) is 17.6. The molecule has 0 aliphatic rings. The van der Waals surface area contributed by atoms with Crippen molar-refractivity contribution in [2.45, 2.75) is 24.2 Å². The van der Waals surface area contributed by atoms with E-state index in [-0.39, 0.29) is 36.1 Å². The Morgan fingerprint density at radius 1 is 1.17 bits per heavy atom. The van der Waals surface area contributed by atoms with Gasteiger partial charge in [0, 0.05) is 31.0 Å². The van der Waals surface area contributed by atoms with E-state index >= 15 is 0 Å². The van der Waals surface area contributed by atoms with Gasteiger partial charge in [-0.3, -0.25) is 4.79 Å². The summed E-state index contributed by atoms with van der Waals surface area (Å²) >= 11 is 3.20. The van der Waals surface area contributed by atoms with Crippen molar-refractivity contribution in [2.75, 3.05) is 13.6 Å². The number of hydrogen-bond donors (Lipinski definition) is 1. The van der Waals surface area contributed by atoms with Crippen LogP contribution in [0.5, 0.6) is 5.75 Å². The number of nitrogens with one attached hydrogen (secondary N) is 1. The molecule has 1 N–H and O–H groups in total. The van der Waals surface area contributed by atoms with E-state index in [4.69, 9.17) is 0 Å². The molecule has 29 heavy (non-hydrogen) atoms. The average Bonchev–Trinajstić information content (AvgIpc) is 2.62. The molecule has 0 atom stereocenters. The van der Waals surface area contributed by atoms with E-state index < -0.39 is 16.4 Å². The van der Waals surface area contributed by atoms with Crippen LogP contribution in [0.15, 0.2) is 57.9 Å². The number of sulfonamides is 1. The van der Waals surface area contributed by atoms with E-state index in [1.54, 1.807) is 12.1 Å². The fraction of sp³-hybridized carbons (Fsp3) is 0.278. The number of alkyl halides is 3. The van der Waals surface area contributed by atoms with Crippen molar-refractivity contribution >= 4 is 31.9 Å². The standard InChI is InChI=1S/C18H18BrF3N2O4S/c1-24(12-13-5-7-15(8-6-13)28-18(20,21)22)17(25)9-10-23-29(26,27)16-4-2-3-14(19)11-16/h2-8,11,23H,9-10,12H2,1H3. The highest BCUT2D eigenvalue weighted by Crippen LogP contribution is 2.23. The van der Waals surface area contributed by atoms with Crippen molar-refractivity contribution < 1.29 is 31.1 Å². The molecule has 2 aromatic carbocycles. The van der Waals surface area contributed by atoms with Gasteiger partial charge in [0.2, 0.25) is 15.9 Å². The van der Waals surface area contributed by atoms with Crippen molar-refractivity contribution in [1.29, 1.82) is 0 Å². The molecule has 0 radical (unpaired) electrons. The van der Waals surface area contributed by atoms with Gasteiger partial charge in [-0.05, 0) is 35.9 Å². The van der Waals surface area contributed by atoms with E-state index in [2.05, 4.69) is 25.4 Å². The topological polar surface area (TPSA) is 75.7 Å². The van der Waals surface area contributed by atoms with Crippen molar-refractivity contribution in [2.24, 2.45) is 0 Å². The van der Waals surface area contributed by atoms with Crippen LogP contribution in [0.2, 0.25) is 0 Å². The monoisotopic (exact) mass is 494 g/mol. The number of benzene rings is 2. The second kappa shape index (κ2) is 9.59. The molecule has 2 aromatic rings. The average molecular weight is 495 g/mol. The number of rotatable bonds is 8. The van der Waals surface area contributed by atoms with Gasteiger partial charge in [0.15, 0.2) is 0 Å². The maximum absolute atomic E-state index is 12.2. The largest absolute Gasteiger partial charge is 0.573 e. The zero-order chi connectivity index (χ0) is 21.7. The number of carbonyl (C=O) groups is 1. The van der Waals surface area contributed by atoms with Crippen LogP contribution in [0.3, 0.4) is 0 Å². The van der Waals surface area contributed by atoms with Gasteiger partial charge in [0.05, 0.1) is 4.90 Å². The molecule has 158 valence electrons. The van der Waals surface area contributed by atoms with E-state index in [0.29, 0.717) is 10.0 Å². The minimum Gasteiger partial charge on any atom is -0.406 e. The maximum atomic E-state index is 12.2. The number of amides is 1. The smallest absolute Gasteiger partial charge is 0.406 e. The zero-order valence-electron chi connectivity index (χ0n) is 15.2. The summed E-state index contributed by atoms with van der Waals surface area (Å²) in [5, 5.41) is 0. The molecule has 0 unspecified atom stereocenters. The van der Waals surface area contributed by atoms with Gasteiger partial charge in [0.1, 0.15) is 5.75 Å². The van der Waals surface area contributed by atoms with Gasteiger partial charge in [0.25, 0.3) is 0 Å². The van der Waals surface area contributed by atoms with Crippen LogP contribution in [0.1, 0.15) is 12.0 Å². The Kier molecular flexibility index (Phi) is 7.66. The van der Waals surface area contributed by atoms with Gasteiger partial charge >= 0.3 is 6.36 Å². The summed E-state index contributed by atoms with van der Waals surface area (Å²) < 4.78 is 67.7. The molecule has 0 aromatic heterocycles. The Hall–Kier alpha value is -2.11. The number of ether oxygens (including phenoxy) is 1. The minimum absolute atomic E-state index is 0.0704. The van der Waals surface area contributed by atoms with E-state index in [9.17, 15) is 26.4 Å². The molecular weight excluding hydrogens is 477 g/mol. The van der Waals surface area contributed by atoms with Gasteiger partial charge < -0.3 is 9.64 Å². The molecule has 1 amide bonds. The lowest BCUT2D eigenvalue weighted by Gasteiger charge is -2.18. The summed E-state index contributed by atoms with van der Waals surface area (Å²) in [5.41, 5.74) is 0.602. The fourth-order valence-electron chi connectivity index (χ4n) is 2.36. The molecule has 0 saturated carbocycles. The Bertz CT molecular complexity index is 950. The van der Waals surface area contributed by atoms with Crippen molar-refractivity contribution in [1.82, 2.24) is 9.62 Å². The normalized spacial score (nSPS) is 11.9. The molecule has 0 fully saturated rings. The Morgan fingerprint density at radius 3 is 2.41 bits per heavy atom. The van der Waals surface area contributed by atoms with Crippen molar-refractivity contribution in [3.05, 3.63) is 58.6 Å². The first kappa shape index (κ1) is 23.2. The molecule has 11 heteroatoms. The van der Waals surface area contributed by atoms with Crippen LogP contribution in [-0.4, -0.2) is 39.2 Å². The number of hydrogen-bond acceptors (Lipinski definition) is 4. The van der Waals surface area contributed by atoms with Crippen LogP contribution < -0.4 is 9.46 Å². The number of nitrogens with zero attached hydrogens (tertiary/aromatic N) is 1. The van der Waals surface area contributed by atoms with Crippen molar-refractivity contribution in [3.8, 4) is 5.75 Å². The first-order chi connectivity index (χ1) is 13.5. The second-order valence-electron chi connectivity index (χ2n) is 6.05. The van der Waals surface area contributed by atoms with Crippen molar-refractivity contribution in [3.63, 3.8) is 0 Å². The Morgan fingerprint density at radius 2 is 1.83 bits per heavy atom. The lowest BCUT2D eigenvalue weighted by molar-refractivity contribution is -0.274. The third-order valence-corrected chi connectivity index (χ3v) is 5.69. The molecule has 0 saturated heterocycles. The first-order valence-electron chi connectivity index (χ1n) is 8.30. The summed E-state index contributed by atoms with van der Waals surface area (Å²) in [4.78, 5) is 13.6. The van der Waals surface area contributed by atoms with E-state index in [1.165, 1.54) is 36.2 Å².